The number of nitrogens with zero attached hydrogens (tertiary/aromatic N) is 2. The lowest BCUT2D eigenvalue weighted by molar-refractivity contribution is -0.0686. The van der Waals surface area contributed by atoms with Crippen LogP contribution in [0.25, 0.3) is 16.5 Å². The van der Waals surface area contributed by atoms with Crippen LogP contribution in [0.2, 0.25) is 0 Å². The fourth-order valence-electron chi connectivity index (χ4n) is 1.52. The lowest BCUT2D eigenvalue weighted by atomic mass is 10.1. The van der Waals surface area contributed by atoms with Crippen LogP contribution < -0.4 is 0 Å². The van der Waals surface area contributed by atoms with E-state index < -0.39 is 11.7 Å². The van der Waals surface area contributed by atoms with Gasteiger partial charge >= 0.3 is 6.18 Å². The predicted octanol–water partition coefficient (Wildman–Crippen LogP) is 3.15. The van der Waals surface area contributed by atoms with Gasteiger partial charge in [0.15, 0.2) is 0 Å². The second kappa shape index (κ2) is 3.37. The molecule has 16 heavy (non-hydrogen) atoms. The Labute approximate surface area is 90.0 Å². The van der Waals surface area contributed by atoms with Crippen LogP contribution in [0.15, 0.2) is 31.0 Å². The molecule has 0 aliphatic rings. The second-order valence-electron chi connectivity index (χ2n) is 3.52. The van der Waals surface area contributed by atoms with Gasteiger partial charge in [0.1, 0.15) is 0 Å². The molecule has 0 spiro atoms. The van der Waals surface area contributed by atoms with E-state index in [1.807, 2.05) is 0 Å². The maximum atomic E-state index is 12.4. The lowest BCUT2D eigenvalue weighted by Gasteiger charge is -2.09. The van der Waals surface area contributed by atoms with Gasteiger partial charge in [-0.1, -0.05) is 12.6 Å². The number of allylic oxidation sites excluding steroid dienone is 1. The molecule has 0 unspecified atom stereocenters. The van der Waals surface area contributed by atoms with Crippen LogP contribution in [0.5, 0.6) is 0 Å². The van der Waals surface area contributed by atoms with Crippen molar-refractivity contribution in [1.29, 1.82) is 0 Å². The highest BCUT2D eigenvalue weighted by Crippen LogP contribution is 2.33. The first-order valence-corrected chi connectivity index (χ1v) is 4.58. The highest BCUT2D eigenvalue weighted by molar-refractivity contribution is 5.83. The van der Waals surface area contributed by atoms with Gasteiger partial charge in [0.05, 0.1) is 17.3 Å². The molecule has 1 heterocycles. The molecule has 0 bridgehead atoms. The normalized spacial score (nSPS) is 12.0. The summed E-state index contributed by atoms with van der Waals surface area (Å²) in [5.41, 5.74) is 0.0324. The third-order valence-electron chi connectivity index (χ3n) is 2.44. The monoisotopic (exact) mass is 226 g/mol. The third-order valence-corrected chi connectivity index (χ3v) is 2.44. The molecule has 0 aliphatic heterocycles. The van der Waals surface area contributed by atoms with Gasteiger partial charge < -0.3 is 0 Å². The molecule has 0 fully saturated rings. The summed E-state index contributed by atoms with van der Waals surface area (Å²) in [4.78, 5) is 0. The number of alkyl halides is 3. The quantitative estimate of drug-likeness (QED) is 0.730. The Morgan fingerprint density at radius 1 is 1.38 bits per heavy atom. The Kier molecular flexibility index (Phi) is 2.26. The van der Waals surface area contributed by atoms with Gasteiger partial charge in [0.25, 0.3) is 0 Å². The van der Waals surface area contributed by atoms with Gasteiger partial charge in [-0.3, -0.25) is 4.68 Å². The van der Waals surface area contributed by atoms with Crippen molar-refractivity contribution in [2.75, 3.05) is 0 Å². The van der Waals surface area contributed by atoms with E-state index in [1.165, 1.54) is 18.3 Å². The van der Waals surface area contributed by atoms with Gasteiger partial charge in [-0.05, 0) is 17.7 Å². The van der Waals surface area contributed by atoms with Crippen molar-refractivity contribution < 1.29 is 13.2 Å². The highest BCUT2D eigenvalue weighted by Gasteiger charge is 2.32. The Bertz CT molecular complexity index is 552. The first-order valence-electron chi connectivity index (χ1n) is 4.58. The number of benzene rings is 1. The molecule has 1 aromatic carbocycles. The summed E-state index contributed by atoms with van der Waals surface area (Å²) in [6.07, 6.45) is -2.86. The highest BCUT2D eigenvalue weighted by atomic mass is 19.4. The van der Waals surface area contributed by atoms with E-state index in [-0.39, 0.29) is 5.56 Å². The smallest absolute Gasteiger partial charge is 0.268 e. The predicted molar refractivity (Wildman–Crippen MR) is 55.8 cm³/mol. The topological polar surface area (TPSA) is 17.8 Å². The number of halogens is 3. The molecular formula is C11H9F3N2. The summed E-state index contributed by atoms with van der Waals surface area (Å²) in [7, 11) is 1.74. The van der Waals surface area contributed by atoms with Crippen LogP contribution in [0.3, 0.4) is 0 Å². The van der Waals surface area contributed by atoms with Gasteiger partial charge in [0.2, 0.25) is 0 Å². The standard InChI is InChI=1S/C11H9F3N2/c1-7(11(12,13)14)8-3-4-10-9(5-8)6-15-16(10)2/h3-6H,1H2,2H3. The summed E-state index contributed by atoms with van der Waals surface area (Å²) in [5, 5.41) is 4.64. The van der Waals surface area contributed by atoms with Crippen LogP contribution in [-0.4, -0.2) is 16.0 Å². The average Bonchev–Trinajstić information content (AvgIpc) is 2.57. The molecule has 0 radical (unpaired) electrons. The molecule has 0 saturated heterocycles. The van der Waals surface area contributed by atoms with Crippen molar-refractivity contribution in [3.63, 3.8) is 0 Å². The van der Waals surface area contributed by atoms with E-state index in [0.717, 1.165) is 5.52 Å². The zero-order valence-electron chi connectivity index (χ0n) is 8.54. The second-order valence-corrected chi connectivity index (χ2v) is 3.52. The summed E-state index contributed by atoms with van der Waals surface area (Å²) in [6.45, 7) is 3.06. The zero-order chi connectivity index (χ0) is 11.9. The van der Waals surface area contributed by atoms with E-state index in [1.54, 1.807) is 17.8 Å². The third kappa shape index (κ3) is 1.68. The minimum atomic E-state index is -4.39. The van der Waals surface area contributed by atoms with Crippen molar-refractivity contribution in [3.8, 4) is 0 Å². The fraction of sp³-hybridized carbons (Fsp3) is 0.182. The Morgan fingerprint density at radius 3 is 2.69 bits per heavy atom. The average molecular weight is 226 g/mol. The molecular weight excluding hydrogens is 217 g/mol. The van der Waals surface area contributed by atoms with Crippen LogP contribution in [0, 0.1) is 0 Å². The maximum absolute atomic E-state index is 12.4. The van der Waals surface area contributed by atoms with Gasteiger partial charge in [-0.25, -0.2) is 0 Å². The van der Waals surface area contributed by atoms with E-state index in [0.29, 0.717) is 5.39 Å². The minimum absolute atomic E-state index is 0.0769. The zero-order valence-corrected chi connectivity index (χ0v) is 8.54. The SMILES string of the molecule is C=C(c1ccc2c(cnn2C)c1)C(F)(F)F. The van der Waals surface area contributed by atoms with E-state index in [4.69, 9.17) is 0 Å². The Hall–Kier alpha value is -1.78. The summed E-state index contributed by atoms with van der Waals surface area (Å²) in [5.74, 6) is 0. The molecule has 84 valence electrons. The molecule has 1 aromatic heterocycles. The van der Waals surface area contributed by atoms with Gasteiger partial charge in [-0.2, -0.15) is 18.3 Å². The largest absolute Gasteiger partial charge is 0.416 e. The van der Waals surface area contributed by atoms with Crippen LogP contribution in [0.1, 0.15) is 5.56 Å². The lowest BCUT2D eigenvalue weighted by Crippen LogP contribution is -2.09. The first kappa shape index (κ1) is 10.7. The molecule has 2 rings (SSSR count). The molecule has 2 aromatic rings. The number of aryl methyl sites for hydroxylation is 1. The Morgan fingerprint density at radius 2 is 2.06 bits per heavy atom. The van der Waals surface area contributed by atoms with Crippen LogP contribution >= 0.6 is 0 Å². The summed E-state index contributed by atoms with van der Waals surface area (Å²) < 4.78 is 38.9. The molecule has 0 atom stereocenters. The van der Waals surface area contributed by atoms with Crippen LogP contribution in [0.4, 0.5) is 13.2 Å². The molecule has 0 aliphatic carbocycles. The van der Waals surface area contributed by atoms with E-state index >= 15 is 0 Å². The van der Waals surface area contributed by atoms with Crippen molar-refractivity contribution in [1.82, 2.24) is 9.78 Å². The molecule has 0 N–H and O–H groups in total. The van der Waals surface area contributed by atoms with Crippen molar-refractivity contribution in [2.45, 2.75) is 6.18 Å². The number of hydrogen-bond donors (Lipinski definition) is 0. The fourth-order valence-corrected chi connectivity index (χ4v) is 1.52. The van der Waals surface area contributed by atoms with E-state index in [9.17, 15) is 13.2 Å². The van der Waals surface area contributed by atoms with Crippen LogP contribution in [-0.2, 0) is 7.05 Å². The summed E-state index contributed by atoms with van der Waals surface area (Å²) in [6, 6.07) is 4.45. The van der Waals surface area contributed by atoms with Gasteiger partial charge in [0, 0.05) is 12.4 Å². The van der Waals surface area contributed by atoms with Gasteiger partial charge in [-0.15, -0.1) is 0 Å². The first-order chi connectivity index (χ1) is 7.39. The maximum Gasteiger partial charge on any atom is 0.416 e. The Balaban J connectivity index is 2.52. The molecule has 0 amide bonds. The molecule has 5 heteroatoms. The molecule has 2 nitrogen and oxygen atoms in total. The minimum Gasteiger partial charge on any atom is -0.268 e. The number of aromatic nitrogens is 2. The van der Waals surface area contributed by atoms with Crippen molar-refractivity contribution in [2.24, 2.45) is 7.05 Å². The number of hydrogen-bond acceptors (Lipinski definition) is 1. The van der Waals surface area contributed by atoms with Crippen molar-refractivity contribution in [3.05, 3.63) is 36.5 Å². The van der Waals surface area contributed by atoms with E-state index in [2.05, 4.69) is 11.7 Å². The number of fused-ring (bicyclic) bond motifs is 1. The van der Waals surface area contributed by atoms with Crippen molar-refractivity contribution >= 4 is 16.5 Å². The summed E-state index contributed by atoms with van der Waals surface area (Å²) >= 11 is 0. The molecule has 0 saturated carbocycles. The number of rotatable bonds is 1.